The largest absolute Gasteiger partial charge is 0.478 e. The fraction of sp³-hybridized carbons (Fsp3) is 0.188. The lowest BCUT2D eigenvalue weighted by Gasteiger charge is -2.12. The van der Waals surface area contributed by atoms with Gasteiger partial charge in [-0.3, -0.25) is 0 Å². The van der Waals surface area contributed by atoms with E-state index in [1.165, 1.54) is 5.56 Å². The van der Waals surface area contributed by atoms with Crippen molar-refractivity contribution in [2.45, 2.75) is 13.0 Å². The van der Waals surface area contributed by atoms with Gasteiger partial charge in [0.1, 0.15) is 0 Å². The molecule has 1 atom stereocenters. The van der Waals surface area contributed by atoms with E-state index in [9.17, 15) is 4.79 Å². The Kier molecular flexibility index (Phi) is 3.97. The predicted molar refractivity (Wildman–Crippen MR) is 76.3 cm³/mol. The summed E-state index contributed by atoms with van der Waals surface area (Å²) < 4.78 is 0. The highest BCUT2D eigenvalue weighted by atomic mass is 16.4. The van der Waals surface area contributed by atoms with Crippen molar-refractivity contribution >= 4 is 5.97 Å². The van der Waals surface area contributed by atoms with Gasteiger partial charge in [0.2, 0.25) is 0 Å². The van der Waals surface area contributed by atoms with E-state index >= 15 is 0 Å². The van der Waals surface area contributed by atoms with Crippen LogP contribution in [0.2, 0.25) is 0 Å². The Morgan fingerprint density at radius 3 is 2.37 bits per heavy atom. The Labute approximate surface area is 112 Å². The Morgan fingerprint density at radius 2 is 1.79 bits per heavy atom. The molecule has 2 N–H and O–H groups in total. The van der Waals surface area contributed by atoms with Crippen LogP contribution in [0.3, 0.4) is 0 Å². The van der Waals surface area contributed by atoms with E-state index in [0.717, 1.165) is 11.1 Å². The van der Waals surface area contributed by atoms with Crippen LogP contribution >= 0.6 is 0 Å². The van der Waals surface area contributed by atoms with Crippen LogP contribution in [-0.2, 0) is 0 Å². The minimum Gasteiger partial charge on any atom is -0.478 e. The molecule has 19 heavy (non-hydrogen) atoms. The van der Waals surface area contributed by atoms with E-state index in [-0.39, 0.29) is 0 Å². The molecule has 0 fully saturated rings. The third-order valence-corrected chi connectivity index (χ3v) is 3.28. The van der Waals surface area contributed by atoms with E-state index in [1.54, 1.807) is 12.1 Å². The quantitative estimate of drug-likeness (QED) is 0.881. The van der Waals surface area contributed by atoms with Crippen LogP contribution in [0.15, 0.2) is 48.5 Å². The number of carboxylic acid groups (broad SMARTS) is 1. The van der Waals surface area contributed by atoms with Gasteiger partial charge in [-0.05, 0) is 48.9 Å². The number of rotatable bonds is 4. The summed E-state index contributed by atoms with van der Waals surface area (Å²) in [5.74, 6) is -0.899. The van der Waals surface area contributed by atoms with Gasteiger partial charge in [-0.25, -0.2) is 4.79 Å². The molecule has 2 rings (SSSR count). The maximum absolute atomic E-state index is 10.8. The monoisotopic (exact) mass is 255 g/mol. The maximum atomic E-state index is 10.8. The van der Waals surface area contributed by atoms with Gasteiger partial charge in [0.25, 0.3) is 0 Å². The number of aromatic carboxylic acids is 1. The summed E-state index contributed by atoms with van der Waals surface area (Å²) in [5.41, 5.74) is 3.64. The smallest absolute Gasteiger partial charge is 0.335 e. The van der Waals surface area contributed by atoms with Gasteiger partial charge in [0, 0.05) is 6.04 Å². The normalized spacial score (nSPS) is 12.1. The number of hydrogen-bond acceptors (Lipinski definition) is 2. The topological polar surface area (TPSA) is 49.3 Å². The second-order valence-electron chi connectivity index (χ2n) is 4.52. The molecule has 0 bridgehead atoms. The number of benzene rings is 2. The zero-order chi connectivity index (χ0) is 13.8. The molecule has 0 saturated carbocycles. The van der Waals surface area contributed by atoms with Gasteiger partial charge in [0.05, 0.1) is 5.56 Å². The van der Waals surface area contributed by atoms with Crippen molar-refractivity contribution < 1.29 is 9.90 Å². The summed E-state index contributed by atoms with van der Waals surface area (Å²) in [5, 5.41) is 12.1. The predicted octanol–water partition coefficient (Wildman–Crippen LogP) is 3.33. The average Bonchev–Trinajstić information content (AvgIpc) is 2.46. The molecular weight excluding hydrogens is 238 g/mol. The Balaban J connectivity index is 2.33. The average molecular weight is 255 g/mol. The summed E-state index contributed by atoms with van der Waals surface area (Å²) in [4.78, 5) is 10.8. The van der Waals surface area contributed by atoms with Crippen LogP contribution in [0.1, 0.15) is 28.9 Å². The van der Waals surface area contributed by atoms with E-state index in [4.69, 9.17) is 5.11 Å². The summed E-state index contributed by atoms with van der Waals surface area (Å²) in [6, 6.07) is 15.5. The number of carbonyl (C=O) groups is 1. The van der Waals surface area contributed by atoms with Gasteiger partial charge in [-0.15, -0.1) is 0 Å². The molecule has 0 aliphatic heterocycles. The Bertz CT molecular complexity index is 576. The first kappa shape index (κ1) is 13.3. The van der Waals surface area contributed by atoms with Gasteiger partial charge in [0.15, 0.2) is 0 Å². The van der Waals surface area contributed by atoms with Crippen LogP contribution in [0, 0.1) is 0 Å². The van der Waals surface area contributed by atoms with Crippen LogP contribution < -0.4 is 5.32 Å². The lowest BCUT2D eigenvalue weighted by atomic mass is 9.99. The number of carboxylic acids is 1. The first-order valence-corrected chi connectivity index (χ1v) is 6.23. The fourth-order valence-corrected chi connectivity index (χ4v) is 1.96. The lowest BCUT2D eigenvalue weighted by Crippen LogP contribution is -2.12. The molecule has 2 aromatic carbocycles. The van der Waals surface area contributed by atoms with E-state index in [2.05, 4.69) is 24.4 Å². The van der Waals surface area contributed by atoms with Crippen LogP contribution in [0.4, 0.5) is 0 Å². The van der Waals surface area contributed by atoms with Crippen molar-refractivity contribution in [3.63, 3.8) is 0 Å². The van der Waals surface area contributed by atoms with Crippen LogP contribution in [0.5, 0.6) is 0 Å². The molecule has 0 aliphatic carbocycles. The highest BCUT2D eigenvalue weighted by molar-refractivity contribution is 5.88. The molecule has 1 unspecified atom stereocenters. The first-order chi connectivity index (χ1) is 9.11. The van der Waals surface area contributed by atoms with E-state index in [1.807, 2.05) is 31.3 Å². The summed E-state index contributed by atoms with van der Waals surface area (Å²) in [7, 11) is 1.93. The molecule has 0 amide bonds. The van der Waals surface area contributed by atoms with Crippen molar-refractivity contribution in [1.82, 2.24) is 5.32 Å². The maximum Gasteiger partial charge on any atom is 0.335 e. The van der Waals surface area contributed by atoms with Gasteiger partial charge in [-0.1, -0.05) is 30.3 Å². The zero-order valence-corrected chi connectivity index (χ0v) is 11.1. The molecule has 0 saturated heterocycles. The third kappa shape index (κ3) is 3.01. The molecule has 0 heterocycles. The highest BCUT2D eigenvalue weighted by Crippen LogP contribution is 2.23. The van der Waals surface area contributed by atoms with Crippen molar-refractivity contribution in [2.75, 3.05) is 7.05 Å². The lowest BCUT2D eigenvalue weighted by molar-refractivity contribution is 0.0697. The second-order valence-corrected chi connectivity index (χ2v) is 4.52. The van der Waals surface area contributed by atoms with Crippen molar-refractivity contribution in [1.29, 1.82) is 0 Å². The minimum absolute atomic E-state index is 0.290. The summed E-state index contributed by atoms with van der Waals surface area (Å²) in [6.45, 7) is 2.10. The fourth-order valence-electron chi connectivity index (χ4n) is 1.96. The highest BCUT2D eigenvalue weighted by Gasteiger charge is 2.06. The second kappa shape index (κ2) is 5.67. The Morgan fingerprint density at radius 1 is 1.11 bits per heavy atom. The van der Waals surface area contributed by atoms with E-state index < -0.39 is 5.97 Å². The molecule has 0 aliphatic rings. The van der Waals surface area contributed by atoms with Crippen molar-refractivity contribution in [3.05, 3.63) is 59.7 Å². The molecule has 98 valence electrons. The summed E-state index contributed by atoms with van der Waals surface area (Å²) in [6.07, 6.45) is 0. The minimum atomic E-state index is -0.899. The SMILES string of the molecule is CNC(C)c1cccc(-c2ccc(C(=O)O)cc2)c1. The van der Waals surface area contributed by atoms with Crippen molar-refractivity contribution in [2.24, 2.45) is 0 Å². The molecule has 0 aromatic heterocycles. The first-order valence-electron chi connectivity index (χ1n) is 6.23. The third-order valence-electron chi connectivity index (χ3n) is 3.28. The number of hydrogen-bond donors (Lipinski definition) is 2. The molecule has 3 nitrogen and oxygen atoms in total. The number of nitrogens with one attached hydrogen (secondary N) is 1. The van der Waals surface area contributed by atoms with Crippen LogP contribution in [0.25, 0.3) is 11.1 Å². The van der Waals surface area contributed by atoms with Crippen LogP contribution in [-0.4, -0.2) is 18.1 Å². The molecular formula is C16H17NO2. The van der Waals surface area contributed by atoms with Gasteiger partial charge >= 0.3 is 5.97 Å². The zero-order valence-electron chi connectivity index (χ0n) is 11.1. The molecule has 0 radical (unpaired) electrons. The van der Waals surface area contributed by atoms with Gasteiger partial charge < -0.3 is 10.4 Å². The Hall–Kier alpha value is -2.13. The van der Waals surface area contributed by atoms with Gasteiger partial charge in [-0.2, -0.15) is 0 Å². The summed E-state index contributed by atoms with van der Waals surface area (Å²) >= 11 is 0. The molecule has 3 heteroatoms. The molecule has 2 aromatic rings. The standard InChI is InChI=1S/C16H17NO2/c1-11(17-2)14-4-3-5-15(10-14)12-6-8-13(9-7-12)16(18)19/h3-11,17H,1-2H3,(H,18,19). The van der Waals surface area contributed by atoms with E-state index in [0.29, 0.717) is 11.6 Å². The van der Waals surface area contributed by atoms with Crippen molar-refractivity contribution in [3.8, 4) is 11.1 Å². The molecule has 0 spiro atoms.